The monoisotopic (exact) mass is 311 g/mol. The maximum atomic E-state index is 12.5. The molecule has 2 aromatic rings. The number of hydrogen-bond donors (Lipinski definition) is 0. The van der Waals surface area contributed by atoms with Gasteiger partial charge in [-0.15, -0.1) is 0 Å². The van der Waals surface area contributed by atoms with Crippen molar-refractivity contribution >= 4 is 11.7 Å². The number of nitrogens with zero attached hydrogens (tertiary/aromatic N) is 1. The Bertz CT molecular complexity index is 692. The van der Waals surface area contributed by atoms with Crippen molar-refractivity contribution in [2.45, 2.75) is 32.6 Å². The first-order valence-electron chi connectivity index (χ1n) is 8.15. The van der Waals surface area contributed by atoms with Crippen LogP contribution >= 0.6 is 0 Å². The second kappa shape index (κ2) is 6.82. The molecule has 120 valence electrons. The van der Waals surface area contributed by atoms with E-state index in [0.717, 1.165) is 31.5 Å². The molecule has 0 radical (unpaired) electrons. The number of ketones is 1. The van der Waals surface area contributed by atoms with E-state index in [9.17, 15) is 9.59 Å². The summed E-state index contributed by atoms with van der Waals surface area (Å²) >= 11 is 0. The van der Waals surface area contributed by atoms with Gasteiger partial charge in [-0.1, -0.05) is 37.1 Å². The first-order chi connectivity index (χ1) is 11.1. The summed E-state index contributed by atoms with van der Waals surface area (Å²) in [7, 11) is 0. The van der Waals surface area contributed by atoms with E-state index in [4.69, 9.17) is 4.42 Å². The molecule has 1 saturated heterocycles. The SMILES string of the molecule is CC(=O)c1ccc(-c2ccc(C(=O)N3CCCCCC3)o2)cc1. The molecule has 4 nitrogen and oxygen atoms in total. The molecule has 0 N–H and O–H groups in total. The lowest BCUT2D eigenvalue weighted by Crippen LogP contribution is -2.31. The summed E-state index contributed by atoms with van der Waals surface area (Å²) in [5.74, 6) is 1.04. The van der Waals surface area contributed by atoms with E-state index in [1.165, 1.54) is 12.8 Å². The zero-order chi connectivity index (χ0) is 16.2. The molecule has 23 heavy (non-hydrogen) atoms. The van der Waals surface area contributed by atoms with Crippen LogP contribution in [0.4, 0.5) is 0 Å². The molecule has 2 heterocycles. The van der Waals surface area contributed by atoms with Gasteiger partial charge in [0.2, 0.25) is 0 Å². The van der Waals surface area contributed by atoms with Crippen molar-refractivity contribution in [1.29, 1.82) is 0 Å². The number of amides is 1. The molecule has 0 atom stereocenters. The predicted octanol–water partition coefficient (Wildman–Crippen LogP) is 4.17. The summed E-state index contributed by atoms with van der Waals surface area (Å²) in [5, 5.41) is 0. The average Bonchev–Trinajstić information content (AvgIpc) is 2.90. The van der Waals surface area contributed by atoms with Gasteiger partial charge in [0.1, 0.15) is 5.76 Å². The number of furan rings is 1. The van der Waals surface area contributed by atoms with E-state index in [-0.39, 0.29) is 11.7 Å². The zero-order valence-electron chi connectivity index (χ0n) is 13.4. The van der Waals surface area contributed by atoms with Crippen LogP contribution in [-0.2, 0) is 0 Å². The topological polar surface area (TPSA) is 50.5 Å². The average molecular weight is 311 g/mol. The molecule has 1 aliphatic rings. The van der Waals surface area contributed by atoms with Crippen LogP contribution in [0.2, 0.25) is 0 Å². The van der Waals surface area contributed by atoms with Crippen LogP contribution in [0.15, 0.2) is 40.8 Å². The molecule has 3 rings (SSSR count). The summed E-state index contributed by atoms with van der Waals surface area (Å²) in [6, 6.07) is 10.8. The highest BCUT2D eigenvalue weighted by atomic mass is 16.4. The number of hydrogen-bond acceptors (Lipinski definition) is 3. The lowest BCUT2D eigenvalue weighted by molar-refractivity contribution is 0.0730. The van der Waals surface area contributed by atoms with Crippen LogP contribution in [-0.4, -0.2) is 29.7 Å². The van der Waals surface area contributed by atoms with Crippen molar-refractivity contribution in [3.63, 3.8) is 0 Å². The van der Waals surface area contributed by atoms with Crippen molar-refractivity contribution in [2.24, 2.45) is 0 Å². The fourth-order valence-electron chi connectivity index (χ4n) is 2.91. The Morgan fingerprint density at radius 3 is 2.17 bits per heavy atom. The maximum absolute atomic E-state index is 12.5. The largest absolute Gasteiger partial charge is 0.451 e. The minimum atomic E-state index is -0.0292. The molecule has 0 saturated carbocycles. The molecular formula is C19H21NO3. The van der Waals surface area contributed by atoms with Crippen LogP contribution in [0.25, 0.3) is 11.3 Å². The fourth-order valence-corrected chi connectivity index (χ4v) is 2.91. The molecule has 4 heteroatoms. The third-order valence-electron chi connectivity index (χ3n) is 4.29. The normalized spacial score (nSPS) is 15.3. The summed E-state index contributed by atoms with van der Waals surface area (Å²) in [5.41, 5.74) is 1.53. The highest BCUT2D eigenvalue weighted by Crippen LogP contribution is 2.24. The summed E-state index contributed by atoms with van der Waals surface area (Å²) < 4.78 is 5.75. The van der Waals surface area contributed by atoms with Crippen LogP contribution in [0.1, 0.15) is 53.5 Å². The number of rotatable bonds is 3. The lowest BCUT2D eigenvalue weighted by Gasteiger charge is -2.18. The van der Waals surface area contributed by atoms with Gasteiger partial charge < -0.3 is 9.32 Å². The molecule has 1 aromatic heterocycles. The van der Waals surface area contributed by atoms with Gasteiger partial charge in [-0.05, 0) is 31.9 Å². The van der Waals surface area contributed by atoms with E-state index >= 15 is 0 Å². The summed E-state index contributed by atoms with van der Waals surface area (Å²) in [4.78, 5) is 25.7. The van der Waals surface area contributed by atoms with E-state index in [1.807, 2.05) is 23.1 Å². The molecule has 0 bridgehead atoms. The van der Waals surface area contributed by atoms with E-state index < -0.39 is 0 Å². The molecule has 0 unspecified atom stereocenters. The third-order valence-corrected chi connectivity index (χ3v) is 4.29. The fraction of sp³-hybridized carbons (Fsp3) is 0.368. The molecule has 1 aliphatic heterocycles. The van der Waals surface area contributed by atoms with Crippen LogP contribution < -0.4 is 0 Å². The second-order valence-electron chi connectivity index (χ2n) is 6.00. The Hall–Kier alpha value is -2.36. The molecular weight excluding hydrogens is 290 g/mol. The number of carbonyl (C=O) groups is 2. The molecule has 0 aliphatic carbocycles. The number of Topliss-reactive ketones (excluding diaryl/α,β-unsaturated/α-hetero) is 1. The third kappa shape index (κ3) is 3.52. The Morgan fingerprint density at radius 2 is 1.57 bits per heavy atom. The van der Waals surface area contributed by atoms with Crippen LogP contribution in [0, 0.1) is 0 Å². The van der Waals surface area contributed by atoms with E-state index in [0.29, 0.717) is 17.1 Å². The van der Waals surface area contributed by atoms with E-state index in [2.05, 4.69) is 0 Å². The standard InChI is InChI=1S/C19H21NO3/c1-14(21)15-6-8-16(9-7-15)17-10-11-18(23-17)19(22)20-12-4-2-3-5-13-20/h6-11H,2-5,12-13H2,1H3. The number of benzene rings is 1. The molecule has 1 aromatic carbocycles. The van der Waals surface area contributed by atoms with Gasteiger partial charge in [0, 0.05) is 24.2 Å². The van der Waals surface area contributed by atoms with Gasteiger partial charge in [0.05, 0.1) is 0 Å². The van der Waals surface area contributed by atoms with Crippen molar-refractivity contribution < 1.29 is 14.0 Å². The minimum absolute atomic E-state index is 0.0292. The lowest BCUT2D eigenvalue weighted by atomic mass is 10.1. The maximum Gasteiger partial charge on any atom is 0.289 e. The Morgan fingerprint density at radius 1 is 0.913 bits per heavy atom. The van der Waals surface area contributed by atoms with Crippen molar-refractivity contribution in [3.8, 4) is 11.3 Å². The Kier molecular flexibility index (Phi) is 4.60. The number of carbonyl (C=O) groups excluding carboxylic acids is 2. The van der Waals surface area contributed by atoms with Gasteiger partial charge in [0.15, 0.2) is 11.5 Å². The van der Waals surface area contributed by atoms with Gasteiger partial charge in [0.25, 0.3) is 5.91 Å². The van der Waals surface area contributed by atoms with Crippen molar-refractivity contribution in [1.82, 2.24) is 4.90 Å². The quantitative estimate of drug-likeness (QED) is 0.800. The Balaban J connectivity index is 1.76. The highest BCUT2D eigenvalue weighted by molar-refractivity contribution is 5.94. The highest BCUT2D eigenvalue weighted by Gasteiger charge is 2.20. The predicted molar refractivity (Wildman–Crippen MR) is 88.5 cm³/mol. The first-order valence-corrected chi connectivity index (χ1v) is 8.15. The van der Waals surface area contributed by atoms with Gasteiger partial charge in [-0.3, -0.25) is 9.59 Å². The van der Waals surface area contributed by atoms with Gasteiger partial charge in [-0.25, -0.2) is 0 Å². The minimum Gasteiger partial charge on any atom is -0.451 e. The summed E-state index contributed by atoms with van der Waals surface area (Å²) in [6.45, 7) is 3.16. The second-order valence-corrected chi connectivity index (χ2v) is 6.00. The zero-order valence-corrected chi connectivity index (χ0v) is 13.4. The molecule has 1 amide bonds. The van der Waals surface area contributed by atoms with E-state index in [1.54, 1.807) is 25.1 Å². The van der Waals surface area contributed by atoms with Gasteiger partial charge >= 0.3 is 0 Å². The van der Waals surface area contributed by atoms with Gasteiger partial charge in [-0.2, -0.15) is 0 Å². The molecule has 0 spiro atoms. The van der Waals surface area contributed by atoms with Crippen molar-refractivity contribution in [2.75, 3.05) is 13.1 Å². The van der Waals surface area contributed by atoms with Crippen LogP contribution in [0.3, 0.4) is 0 Å². The molecule has 1 fully saturated rings. The summed E-state index contributed by atoms with van der Waals surface area (Å²) in [6.07, 6.45) is 4.50. The first kappa shape index (κ1) is 15.5. The van der Waals surface area contributed by atoms with Crippen molar-refractivity contribution in [3.05, 3.63) is 47.7 Å². The number of likely N-dealkylation sites (tertiary alicyclic amines) is 1. The smallest absolute Gasteiger partial charge is 0.289 e. The Labute approximate surface area is 136 Å². The van der Waals surface area contributed by atoms with Crippen LogP contribution in [0.5, 0.6) is 0 Å².